The van der Waals surface area contributed by atoms with Gasteiger partial charge in [-0.05, 0) is 31.0 Å². The number of nitrogens with zero attached hydrogens (tertiary/aromatic N) is 1. The van der Waals surface area contributed by atoms with Crippen LogP contribution in [0.4, 0.5) is 5.69 Å². The fraction of sp³-hybridized carbons (Fsp3) is 0.455. The van der Waals surface area contributed by atoms with Gasteiger partial charge in [0.05, 0.1) is 17.6 Å². The van der Waals surface area contributed by atoms with Crippen LogP contribution in [0.15, 0.2) is 55.4 Å². The Kier molecular flexibility index (Phi) is 10.1. The first kappa shape index (κ1) is 23.6. The van der Waals surface area contributed by atoms with Crippen molar-refractivity contribution in [1.29, 1.82) is 0 Å². The maximum Gasteiger partial charge on any atom is 0.270 e. The quantitative estimate of drug-likeness (QED) is 0.140. The van der Waals surface area contributed by atoms with Crippen LogP contribution >= 0.6 is 0 Å². The summed E-state index contributed by atoms with van der Waals surface area (Å²) in [6.07, 6.45) is 10.9. The van der Waals surface area contributed by atoms with Crippen LogP contribution in [0.3, 0.4) is 0 Å². The van der Waals surface area contributed by atoms with Crippen molar-refractivity contribution in [3.8, 4) is 5.75 Å². The van der Waals surface area contributed by atoms with Gasteiger partial charge in [-0.25, -0.2) is 0 Å². The Morgan fingerprint density at radius 2 is 2.13 bits per heavy atom. The van der Waals surface area contributed by atoms with Crippen molar-refractivity contribution in [1.82, 2.24) is 10.6 Å². The molecule has 0 aromatic heterocycles. The molecule has 0 amide bonds. The average Bonchev–Trinajstić information content (AvgIpc) is 2.77. The normalized spacial score (nSPS) is 15.4. The van der Waals surface area contributed by atoms with Gasteiger partial charge < -0.3 is 19.9 Å². The number of nitro benzene ring substituents is 1. The molecule has 30 heavy (non-hydrogen) atoms. The molecule has 1 aliphatic heterocycles. The highest BCUT2D eigenvalue weighted by molar-refractivity contribution is 5.49. The number of benzene rings is 1. The minimum atomic E-state index is -0.677. The van der Waals surface area contributed by atoms with Crippen molar-refractivity contribution in [3.63, 3.8) is 0 Å². The molecule has 0 bridgehead atoms. The zero-order chi connectivity index (χ0) is 21.8. The van der Waals surface area contributed by atoms with Crippen molar-refractivity contribution in [2.24, 2.45) is 0 Å². The number of hydrogen-bond donors (Lipinski definition) is 3. The summed E-state index contributed by atoms with van der Waals surface area (Å²) in [6, 6.07) is 4.51. The topological polar surface area (TPSA) is 106 Å². The van der Waals surface area contributed by atoms with Crippen LogP contribution in [0.2, 0.25) is 0 Å². The standard InChI is InChI=1S/C22H31N3O5/c1-3-5-6-13-29-16-19(26)15-24-22(4-2)30-21-8-7-18(25(27)28)14-20(21)17-9-11-23-12-10-17/h4,7-12,14,17,19,22-24,26H,2-3,5-6,13,15-16H2,1H3. The van der Waals surface area contributed by atoms with Gasteiger partial charge in [0.1, 0.15) is 5.75 Å². The van der Waals surface area contributed by atoms with Gasteiger partial charge in [-0.3, -0.25) is 15.4 Å². The van der Waals surface area contributed by atoms with Gasteiger partial charge in [0.15, 0.2) is 6.23 Å². The van der Waals surface area contributed by atoms with E-state index in [4.69, 9.17) is 9.47 Å². The molecule has 8 heteroatoms. The molecule has 1 aromatic carbocycles. The molecule has 0 aliphatic carbocycles. The first-order valence-corrected chi connectivity index (χ1v) is 10.2. The SMILES string of the molecule is C=CC(NCC(O)COCCCCC)Oc1ccc([N+](=O)[O-])cc1C1C=CNC=C1. The number of aliphatic hydroxyl groups is 1. The van der Waals surface area contributed by atoms with E-state index in [-0.39, 0.29) is 24.8 Å². The number of unbranched alkanes of at least 4 members (excludes halogenated alkanes) is 2. The number of non-ortho nitro benzene ring substituents is 1. The van der Waals surface area contributed by atoms with Crippen LogP contribution < -0.4 is 15.4 Å². The van der Waals surface area contributed by atoms with E-state index in [9.17, 15) is 15.2 Å². The van der Waals surface area contributed by atoms with Crippen molar-refractivity contribution < 1.29 is 19.5 Å². The van der Waals surface area contributed by atoms with E-state index in [1.54, 1.807) is 24.5 Å². The molecule has 0 saturated carbocycles. The lowest BCUT2D eigenvalue weighted by molar-refractivity contribution is -0.384. The van der Waals surface area contributed by atoms with Gasteiger partial charge in [0.25, 0.3) is 5.69 Å². The van der Waals surface area contributed by atoms with Crippen LogP contribution in [0.25, 0.3) is 0 Å². The van der Waals surface area contributed by atoms with Crippen LogP contribution in [-0.2, 0) is 4.74 Å². The summed E-state index contributed by atoms with van der Waals surface area (Å²) in [5.41, 5.74) is 0.670. The molecule has 2 atom stereocenters. The second-order valence-electron chi connectivity index (χ2n) is 7.01. The maximum absolute atomic E-state index is 11.2. The Morgan fingerprint density at radius 1 is 1.37 bits per heavy atom. The lowest BCUT2D eigenvalue weighted by Gasteiger charge is -2.22. The molecular formula is C22H31N3O5. The lowest BCUT2D eigenvalue weighted by atomic mass is 9.96. The Balaban J connectivity index is 1.97. The summed E-state index contributed by atoms with van der Waals surface area (Å²) in [6.45, 7) is 7.04. The van der Waals surface area contributed by atoms with Crippen molar-refractivity contribution in [2.45, 2.75) is 44.4 Å². The molecule has 0 radical (unpaired) electrons. The summed E-state index contributed by atoms with van der Waals surface area (Å²) in [4.78, 5) is 10.8. The summed E-state index contributed by atoms with van der Waals surface area (Å²) in [5.74, 6) is 0.346. The molecule has 2 unspecified atom stereocenters. The van der Waals surface area contributed by atoms with Crippen LogP contribution in [0.5, 0.6) is 5.75 Å². The van der Waals surface area contributed by atoms with E-state index in [0.717, 1.165) is 19.3 Å². The number of aliphatic hydroxyl groups excluding tert-OH is 1. The van der Waals surface area contributed by atoms with Crippen LogP contribution in [0.1, 0.15) is 37.7 Å². The molecule has 0 fully saturated rings. The highest BCUT2D eigenvalue weighted by Crippen LogP contribution is 2.33. The number of ether oxygens (including phenoxy) is 2. The number of dihydropyridines is 1. The second-order valence-corrected chi connectivity index (χ2v) is 7.01. The van der Waals surface area contributed by atoms with Gasteiger partial charge in [-0.1, -0.05) is 38.5 Å². The molecule has 8 nitrogen and oxygen atoms in total. The predicted molar refractivity (Wildman–Crippen MR) is 116 cm³/mol. The van der Waals surface area contributed by atoms with Gasteiger partial charge in [-0.2, -0.15) is 0 Å². The Labute approximate surface area is 177 Å². The monoisotopic (exact) mass is 417 g/mol. The highest BCUT2D eigenvalue weighted by Gasteiger charge is 2.20. The molecule has 0 saturated heterocycles. The number of nitrogens with one attached hydrogen (secondary N) is 2. The number of hydrogen-bond acceptors (Lipinski definition) is 7. The Morgan fingerprint density at radius 3 is 2.80 bits per heavy atom. The van der Waals surface area contributed by atoms with Gasteiger partial charge >= 0.3 is 0 Å². The van der Waals surface area contributed by atoms with E-state index in [0.29, 0.717) is 17.9 Å². The smallest absolute Gasteiger partial charge is 0.270 e. The molecular weight excluding hydrogens is 386 g/mol. The first-order valence-electron chi connectivity index (χ1n) is 10.2. The first-order chi connectivity index (χ1) is 14.5. The molecule has 2 rings (SSSR count). The second kappa shape index (κ2) is 12.8. The van der Waals surface area contributed by atoms with E-state index >= 15 is 0 Å². The summed E-state index contributed by atoms with van der Waals surface area (Å²) in [7, 11) is 0. The highest BCUT2D eigenvalue weighted by atomic mass is 16.6. The van der Waals surface area contributed by atoms with Crippen molar-refractivity contribution in [3.05, 3.63) is 71.1 Å². The van der Waals surface area contributed by atoms with Crippen LogP contribution in [-0.4, -0.2) is 42.1 Å². The van der Waals surface area contributed by atoms with Gasteiger partial charge in [0.2, 0.25) is 0 Å². The maximum atomic E-state index is 11.2. The molecule has 0 spiro atoms. The van der Waals surface area contributed by atoms with E-state index in [1.807, 2.05) is 12.2 Å². The van der Waals surface area contributed by atoms with Gasteiger partial charge in [0, 0.05) is 36.8 Å². The number of nitro groups is 1. The third-order valence-corrected chi connectivity index (χ3v) is 4.59. The fourth-order valence-electron chi connectivity index (χ4n) is 2.96. The minimum absolute atomic E-state index is 0.00330. The lowest BCUT2D eigenvalue weighted by Crippen LogP contribution is -2.39. The molecule has 1 aromatic rings. The zero-order valence-electron chi connectivity index (χ0n) is 17.3. The predicted octanol–water partition coefficient (Wildman–Crippen LogP) is 3.36. The Hall–Kier alpha value is -2.68. The molecule has 164 valence electrons. The van der Waals surface area contributed by atoms with Gasteiger partial charge in [-0.15, -0.1) is 0 Å². The fourth-order valence-corrected chi connectivity index (χ4v) is 2.96. The van der Waals surface area contributed by atoms with E-state index in [1.165, 1.54) is 12.1 Å². The van der Waals surface area contributed by atoms with E-state index < -0.39 is 17.3 Å². The van der Waals surface area contributed by atoms with Crippen molar-refractivity contribution in [2.75, 3.05) is 19.8 Å². The van der Waals surface area contributed by atoms with E-state index in [2.05, 4.69) is 24.1 Å². The summed E-state index contributed by atoms with van der Waals surface area (Å²) in [5, 5.41) is 27.3. The number of allylic oxidation sites excluding steroid dienone is 2. The molecule has 3 N–H and O–H groups in total. The summed E-state index contributed by atoms with van der Waals surface area (Å²) >= 11 is 0. The molecule has 1 heterocycles. The third-order valence-electron chi connectivity index (χ3n) is 4.59. The number of rotatable bonds is 14. The Bertz CT molecular complexity index is 738. The zero-order valence-corrected chi connectivity index (χ0v) is 17.3. The third kappa shape index (κ3) is 7.62. The minimum Gasteiger partial charge on any atom is -0.471 e. The van der Waals surface area contributed by atoms with Crippen molar-refractivity contribution >= 4 is 5.69 Å². The largest absolute Gasteiger partial charge is 0.471 e. The summed E-state index contributed by atoms with van der Waals surface area (Å²) < 4.78 is 11.5. The molecule has 1 aliphatic rings. The average molecular weight is 418 g/mol. The van der Waals surface area contributed by atoms with Crippen LogP contribution in [0, 0.1) is 10.1 Å².